The van der Waals surface area contributed by atoms with E-state index < -0.39 is 18.0 Å². The lowest BCUT2D eigenvalue weighted by atomic mass is 10.1. The minimum atomic E-state index is -1.07. The first kappa shape index (κ1) is 22.0. The molecule has 2 aromatic rings. The fourth-order valence-electron chi connectivity index (χ4n) is 2.38. The number of esters is 1. The van der Waals surface area contributed by atoms with E-state index in [9.17, 15) is 14.9 Å². The molecule has 0 radical (unpaired) electrons. The molecule has 2 aromatic carbocycles. The third-order valence-corrected chi connectivity index (χ3v) is 4.28. The molecule has 150 valence electrons. The van der Waals surface area contributed by atoms with Crippen molar-refractivity contribution in [2.45, 2.75) is 26.5 Å². The van der Waals surface area contributed by atoms with Gasteiger partial charge in [0.25, 0.3) is 5.91 Å². The first-order valence-corrected chi connectivity index (χ1v) is 9.39. The van der Waals surface area contributed by atoms with Crippen molar-refractivity contribution in [2.75, 3.05) is 6.61 Å². The van der Waals surface area contributed by atoms with E-state index in [-0.39, 0.29) is 12.1 Å². The highest BCUT2D eigenvalue weighted by Gasteiger charge is 2.20. The highest BCUT2D eigenvalue weighted by atomic mass is 35.5. The number of benzene rings is 2. The molecular formula is C22H21ClN2O4. The average Bonchev–Trinajstić information content (AvgIpc) is 2.72. The van der Waals surface area contributed by atoms with Gasteiger partial charge in [-0.25, -0.2) is 4.79 Å². The predicted octanol–water partition coefficient (Wildman–Crippen LogP) is 3.89. The maximum absolute atomic E-state index is 12.3. The van der Waals surface area contributed by atoms with Crippen LogP contribution in [-0.4, -0.2) is 24.6 Å². The van der Waals surface area contributed by atoms with Gasteiger partial charge in [0.1, 0.15) is 17.4 Å². The molecule has 1 N–H and O–H groups in total. The first-order chi connectivity index (χ1) is 13.9. The lowest BCUT2D eigenvalue weighted by Gasteiger charge is -2.13. The summed E-state index contributed by atoms with van der Waals surface area (Å²) in [6.45, 7) is 4.06. The summed E-state index contributed by atoms with van der Waals surface area (Å²) in [5, 5.41) is 12.5. The van der Waals surface area contributed by atoms with Crippen molar-refractivity contribution in [3.05, 3.63) is 70.3 Å². The molecule has 29 heavy (non-hydrogen) atoms. The van der Waals surface area contributed by atoms with Gasteiger partial charge in [-0.2, -0.15) is 5.26 Å². The minimum absolute atomic E-state index is 0.202. The number of carbonyl (C=O) groups is 2. The number of nitriles is 1. The smallest absolute Gasteiger partial charge is 0.349 e. The first-order valence-electron chi connectivity index (χ1n) is 9.01. The number of carbonyl (C=O) groups excluding carboxylic acids is 2. The van der Waals surface area contributed by atoms with Gasteiger partial charge in [-0.05, 0) is 49.2 Å². The Bertz CT molecular complexity index is 933. The molecule has 0 bridgehead atoms. The fourth-order valence-corrected chi connectivity index (χ4v) is 2.58. The van der Waals surface area contributed by atoms with Crippen LogP contribution in [-0.2, 0) is 20.9 Å². The maximum atomic E-state index is 12.3. The zero-order chi connectivity index (χ0) is 21.2. The Morgan fingerprint density at radius 2 is 1.90 bits per heavy atom. The van der Waals surface area contributed by atoms with E-state index in [1.165, 1.54) is 13.0 Å². The van der Waals surface area contributed by atoms with E-state index >= 15 is 0 Å². The van der Waals surface area contributed by atoms with Crippen LogP contribution in [0.2, 0.25) is 5.02 Å². The number of nitrogens with zero attached hydrogens (tertiary/aromatic N) is 1. The number of halogens is 1. The maximum Gasteiger partial charge on any atom is 0.349 e. The lowest BCUT2D eigenvalue weighted by molar-refractivity contribution is -0.150. The molecule has 0 heterocycles. The molecule has 0 aliphatic rings. The van der Waals surface area contributed by atoms with E-state index in [4.69, 9.17) is 21.1 Å². The molecule has 0 unspecified atom stereocenters. The Labute approximate surface area is 174 Å². The summed E-state index contributed by atoms with van der Waals surface area (Å²) in [7, 11) is 0. The van der Waals surface area contributed by atoms with Gasteiger partial charge < -0.3 is 14.8 Å². The van der Waals surface area contributed by atoms with Crippen LogP contribution in [0.15, 0.2) is 54.1 Å². The molecule has 6 nitrogen and oxygen atoms in total. The normalized spacial score (nSPS) is 11.9. The highest BCUT2D eigenvalue weighted by Crippen LogP contribution is 2.16. The summed E-state index contributed by atoms with van der Waals surface area (Å²) in [6, 6.07) is 15.8. The summed E-state index contributed by atoms with van der Waals surface area (Å²) < 4.78 is 10.5. The van der Waals surface area contributed by atoms with Crippen LogP contribution in [0.1, 0.15) is 25.0 Å². The van der Waals surface area contributed by atoms with Gasteiger partial charge in [0.2, 0.25) is 0 Å². The molecule has 0 spiro atoms. The molecule has 0 saturated heterocycles. The Kier molecular flexibility index (Phi) is 8.26. The second kappa shape index (κ2) is 10.9. The van der Waals surface area contributed by atoms with Crippen molar-refractivity contribution in [1.82, 2.24) is 5.32 Å². The SMILES string of the molecule is CCOc1ccc(/C=C(\C#N)C(=O)O[C@@H](C)C(=O)NCc2ccccc2Cl)cc1. The van der Waals surface area contributed by atoms with E-state index in [1.807, 2.05) is 13.0 Å². The standard InChI is InChI=1S/C22H21ClN2O4/c1-3-28-19-10-8-16(9-11-19)12-18(13-24)22(27)29-15(2)21(26)25-14-17-6-4-5-7-20(17)23/h4-12,15H,3,14H2,1-2H3,(H,25,26)/b18-12+/t15-/m0/s1. The number of hydrogen-bond acceptors (Lipinski definition) is 5. The zero-order valence-corrected chi connectivity index (χ0v) is 16.9. The summed E-state index contributed by atoms with van der Waals surface area (Å²) >= 11 is 6.05. The van der Waals surface area contributed by atoms with Crippen molar-refractivity contribution in [2.24, 2.45) is 0 Å². The number of nitrogens with one attached hydrogen (secondary N) is 1. The molecule has 1 amide bonds. The monoisotopic (exact) mass is 412 g/mol. The minimum Gasteiger partial charge on any atom is -0.494 e. The van der Waals surface area contributed by atoms with Gasteiger partial charge >= 0.3 is 5.97 Å². The number of hydrogen-bond donors (Lipinski definition) is 1. The molecule has 0 aliphatic heterocycles. The quantitative estimate of drug-likeness (QED) is 0.403. The van der Waals surface area contributed by atoms with E-state index in [0.717, 1.165) is 5.56 Å². The van der Waals surface area contributed by atoms with Crippen LogP contribution in [0.25, 0.3) is 6.08 Å². The zero-order valence-electron chi connectivity index (χ0n) is 16.1. The van der Waals surface area contributed by atoms with Gasteiger partial charge in [0.15, 0.2) is 6.10 Å². The predicted molar refractivity (Wildman–Crippen MR) is 110 cm³/mol. The fraction of sp³-hybridized carbons (Fsp3) is 0.227. The topological polar surface area (TPSA) is 88.4 Å². The number of rotatable bonds is 8. The molecule has 0 saturated carbocycles. The molecule has 7 heteroatoms. The molecule has 1 atom stereocenters. The van der Waals surface area contributed by atoms with Crippen LogP contribution in [0.5, 0.6) is 5.75 Å². The van der Waals surface area contributed by atoms with Crippen LogP contribution < -0.4 is 10.1 Å². The van der Waals surface area contributed by atoms with Crippen molar-refractivity contribution in [1.29, 1.82) is 5.26 Å². The van der Waals surface area contributed by atoms with Crippen molar-refractivity contribution >= 4 is 29.6 Å². The van der Waals surface area contributed by atoms with Crippen LogP contribution in [0.4, 0.5) is 0 Å². The summed E-state index contributed by atoms with van der Waals surface area (Å²) in [4.78, 5) is 24.4. The van der Waals surface area contributed by atoms with E-state index in [1.54, 1.807) is 48.5 Å². The molecule has 0 aliphatic carbocycles. The Morgan fingerprint density at radius 3 is 2.52 bits per heavy atom. The molecule has 2 rings (SSSR count). The van der Waals surface area contributed by atoms with Gasteiger partial charge in [-0.3, -0.25) is 4.79 Å². The van der Waals surface area contributed by atoms with E-state index in [0.29, 0.717) is 22.9 Å². The lowest BCUT2D eigenvalue weighted by Crippen LogP contribution is -2.35. The summed E-state index contributed by atoms with van der Waals surface area (Å²) in [5.41, 5.74) is 1.17. The second-order valence-electron chi connectivity index (χ2n) is 6.03. The molecule has 0 fully saturated rings. The third-order valence-electron chi connectivity index (χ3n) is 3.91. The van der Waals surface area contributed by atoms with Crippen molar-refractivity contribution in [3.8, 4) is 11.8 Å². The van der Waals surface area contributed by atoms with Crippen LogP contribution in [0.3, 0.4) is 0 Å². The van der Waals surface area contributed by atoms with Crippen molar-refractivity contribution < 1.29 is 19.1 Å². The Morgan fingerprint density at radius 1 is 1.21 bits per heavy atom. The average molecular weight is 413 g/mol. The van der Waals surface area contributed by atoms with Gasteiger partial charge in [0.05, 0.1) is 6.61 Å². The summed E-state index contributed by atoms with van der Waals surface area (Å²) in [6.07, 6.45) is 0.328. The largest absolute Gasteiger partial charge is 0.494 e. The summed E-state index contributed by atoms with van der Waals surface area (Å²) in [5.74, 6) is -0.673. The number of amides is 1. The van der Waals surface area contributed by atoms with E-state index in [2.05, 4.69) is 5.32 Å². The van der Waals surface area contributed by atoms with Crippen LogP contribution in [0, 0.1) is 11.3 Å². The molecular weight excluding hydrogens is 392 g/mol. The van der Waals surface area contributed by atoms with Gasteiger partial charge in [-0.15, -0.1) is 0 Å². The Balaban J connectivity index is 1.96. The van der Waals surface area contributed by atoms with Crippen molar-refractivity contribution in [3.63, 3.8) is 0 Å². The molecule has 0 aromatic heterocycles. The van der Waals surface area contributed by atoms with Crippen LogP contribution >= 0.6 is 11.6 Å². The number of ether oxygens (including phenoxy) is 2. The highest BCUT2D eigenvalue weighted by molar-refractivity contribution is 6.31. The van der Waals surface area contributed by atoms with Gasteiger partial charge in [-0.1, -0.05) is 41.9 Å². The second-order valence-corrected chi connectivity index (χ2v) is 6.44. The van der Waals surface area contributed by atoms with Gasteiger partial charge in [0, 0.05) is 11.6 Å². The third kappa shape index (κ3) is 6.66. The Hall–Kier alpha value is -3.30.